The molecule has 24 heavy (non-hydrogen) atoms. The zero-order valence-corrected chi connectivity index (χ0v) is 14.2. The van der Waals surface area contributed by atoms with Crippen LogP contribution in [0.3, 0.4) is 0 Å². The molecular weight excluding hydrogens is 304 g/mol. The Labute approximate surface area is 141 Å². The first-order valence-corrected chi connectivity index (χ1v) is 8.29. The number of carbonyl (C=O) groups is 1. The summed E-state index contributed by atoms with van der Waals surface area (Å²) >= 11 is 0. The van der Waals surface area contributed by atoms with E-state index < -0.39 is 5.60 Å². The maximum atomic E-state index is 12.3. The number of aromatic nitrogens is 2. The van der Waals surface area contributed by atoms with Crippen LogP contribution in [-0.2, 0) is 11.2 Å². The van der Waals surface area contributed by atoms with Gasteiger partial charge in [0.2, 0.25) is 5.91 Å². The number of nitrogens with zero attached hydrogens (tertiary/aromatic N) is 2. The second kappa shape index (κ2) is 6.75. The highest BCUT2D eigenvalue weighted by Crippen LogP contribution is 2.18. The van der Waals surface area contributed by atoms with Crippen LogP contribution in [-0.4, -0.2) is 46.0 Å². The van der Waals surface area contributed by atoms with Crippen LogP contribution in [0.2, 0.25) is 0 Å². The number of para-hydroxylation sites is 1. The summed E-state index contributed by atoms with van der Waals surface area (Å²) in [6, 6.07) is 9.88. The van der Waals surface area contributed by atoms with Crippen LogP contribution in [0.4, 0.5) is 0 Å². The first-order chi connectivity index (χ1) is 11.5. The fourth-order valence-electron chi connectivity index (χ4n) is 3.12. The number of hydrogen-bond donors (Lipinski definition) is 3. The molecule has 0 radical (unpaired) electrons. The summed E-state index contributed by atoms with van der Waals surface area (Å²) in [5.41, 5.74) is 2.92. The summed E-state index contributed by atoms with van der Waals surface area (Å²) < 4.78 is 1.87. The quantitative estimate of drug-likeness (QED) is 0.761. The molecule has 1 unspecified atom stereocenters. The Morgan fingerprint density at radius 1 is 1.38 bits per heavy atom. The van der Waals surface area contributed by atoms with Gasteiger partial charge in [0.1, 0.15) is 0 Å². The van der Waals surface area contributed by atoms with Gasteiger partial charge < -0.3 is 15.7 Å². The molecule has 6 nitrogen and oxygen atoms in total. The van der Waals surface area contributed by atoms with Crippen molar-refractivity contribution in [2.24, 2.45) is 0 Å². The van der Waals surface area contributed by atoms with E-state index >= 15 is 0 Å². The molecule has 3 N–H and O–H groups in total. The van der Waals surface area contributed by atoms with Crippen molar-refractivity contribution >= 4 is 5.91 Å². The van der Waals surface area contributed by atoms with Crippen LogP contribution in [0.1, 0.15) is 23.4 Å². The average molecular weight is 328 g/mol. The fraction of sp³-hybridized carbons (Fsp3) is 0.444. The molecule has 0 spiro atoms. The molecule has 0 aliphatic carbocycles. The molecule has 1 saturated heterocycles. The molecule has 1 aromatic heterocycles. The lowest BCUT2D eigenvalue weighted by atomic mass is 10.0. The van der Waals surface area contributed by atoms with E-state index in [4.69, 9.17) is 0 Å². The maximum Gasteiger partial charge on any atom is 0.224 e. The van der Waals surface area contributed by atoms with E-state index in [1.165, 1.54) is 0 Å². The molecule has 128 valence electrons. The number of aryl methyl sites for hydroxylation is 1. The highest BCUT2D eigenvalue weighted by Gasteiger charge is 2.31. The van der Waals surface area contributed by atoms with Crippen LogP contribution in [0.15, 0.2) is 30.3 Å². The second-order valence-electron chi connectivity index (χ2n) is 6.50. The molecule has 1 aromatic carbocycles. The molecule has 2 aromatic rings. The van der Waals surface area contributed by atoms with Gasteiger partial charge in [-0.2, -0.15) is 5.10 Å². The van der Waals surface area contributed by atoms with E-state index in [9.17, 15) is 9.90 Å². The molecule has 1 amide bonds. The van der Waals surface area contributed by atoms with Gasteiger partial charge in [-0.1, -0.05) is 18.2 Å². The third kappa shape index (κ3) is 3.49. The zero-order valence-electron chi connectivity index (χ0n) is 14.2. The Kier molecular flexibility index (Phi) is 4.69. The van der Waals surface area contributed by atoms with Crippen molar-refractivity contribution in [3.8, 4) is 5.69 Å². The van der Waals surface area contributed by atoms with Crippen molar-refractivity contribution in [1.82, 2.24) is 20.4 Å². The Balaban J connectivity index is 1.69. The van der Waals surface area contributed by atoms with Crippen molar-refractivity contribution in [1.29, 1.82) is 0 Å². The molecule has 1 aliphatic rings. The SMILES string of the molecule is Cc1nn(-c2ccccc2)c(C)c1CC(=O)NCC1(O)CCNC1. The third-order valence-corrected chi connectivity index (χ3v) is 4.62. The number of hydrogen-bond acceptors (Lipinski definition) is 4. The van der Waals surface area contributed by atoms with Gasteiger partial charge in [0.25, 0.3) is 0 Å². The van der Waals surface area contributed by atoms with E-state index in [0.717, 1.165) is 29.2 Å². The predicted octanol–water partition coefficient (Wildman–Crippen LogP) is 0.872. The Hall–Kier alpha value is -2.18. The lowest BCUT2D eigenvalue weighted by Gasteiger charge is -2.21. The van der Waals surface area contributed by atoms with Gasteiger partial charge in [0.15, 0.2) is 0 Å². The Morgan fingerprint density at radius 2 is 2.12 bits per heavy atom. The molecule has 3 rings (SSSR count). The summed E-state index contributed by atoms with van der Waals surface area (Å²) in [5.74, 6) is -0.0888. The van der Waals surface area contributed by atoms with Crippen LogP contribution in [0.5, 0.6) is 0 Å². The highest BCUT2D eigenvalue weighted by atomic mass is 16.3. The third-order valence-electron chi connectivity index (χ3n) is 4.62. The first-order valence-electron chi connectivity index (χ1n) is 8.29. The lowest BCUT2D eigenvalue weighted by molar-refractivity contribution is -0.121. The van der Waals surface area contributed by atoms with Gasteiger partial charge in [-0.05, 0) is 38.9 Å². The standard InChI is InChI=1S/C18H24N4O2/c1-13-16(10-17(23)20-12-18(24)8-9-19-11-18)14(2)22(21-13)15-6-4-3-5-7-15/h3-7,19,24H,8-12H2,1-2H3,(H,20,23). The predicted molar refractivity (Wildman–Crippen MR) is 92.2 cm³/mol. The van der Waals surface area contributed by atoms with Gasteiger partial charge in [-0.15, -0.1) is 0 Å². The highest BCUT2D eigenvalue weighted by molar-refractivity contribution is 5.79. The monoisotopic (exact) mass is 328 g/mol. The van der Waals surface area contributed by atoms with Crippen LogP contribution < -0.4 is 10.6 Å². The average Bonchev–Trinajstić information content (AvgIpc) is 3.13. The summed E-state index contributed by atoms with van der Waals surface area (Å²) in [4.78, 5) is 12.3. The van der Waals surface area contributed by atoms with Crippen molar-refractivity contribution in [3.63, 3.8) is 0 Å². The van der Waals surface area contributed by atoms with Gasteiger partial charge in [-0.3, -0.25) is 4.79 Å². The number of aliphatic hydroxyl groups is 1. The van der Waals surface area contributed by atoms with E-state index in [1.54, 1.807) is 0 Å². The number of nitrogens with one attached hydrogen (secondary N) is 2. The van der Waals surface area contributed by atoms with E-state index in [0.29, 0.717) is 13.0 Å². The first kappa shape index (κ1) is 16.7. The van der Waals surface area contributed by atoms with E-state index in [-0.39, 0.29) is 18.9 Å². The maximum absolute atomic E-state index is 12.3. The molecule has 1 fully saturated rings. The Morgan fingerprint density at radius 3 is 2.79 bits per heavy atom. The van der Waals surface area contributed by atoms with Crippen molar-refractivity contribution in [2.45, 2.75) is 32.3 Å². The van der Waals surface area contributed by atoms with Gasteiger partial charge in [-0.25, -0.2) is 4.68 Å². The van der Waals surface area contributed by atoms with E-state index in [2.05, 4.69) is 15.7 Å². The Bertz CT molecular complexity index is 718. The largest absolute Gasteiger partial charge is 0.387 e. The number of amides is 1. The smallest absolute Gasteiger partial charge is 0.224 e. The summed E-state index contributed by atoms with van der Waals surface area (Å²) in [6.07, 6.45) is 0.936. The minimum Gasteiger partial charge on any atom is -0.387 e. The molecule has 0 saturated carbocycles. The normalized spacial score (nSPS) is 20.3. The van der Waals surface area contributed by atoms with Gasteiger partial charge >= 0.3 is 0 Å². The number of β-amino-alcohol motifs (C(OH)–C–C–N with tert-alkyl or cyclic N) is 1. The second-order valence-corrected chi connectivity index (χ2v) is 6.50. The minimum atomic E-state index is -0.825. The van der Waals surface area contributed by atoms with Crippen LogP contribution in [0, 0.1) is 13.8 Å². The zero-order chi connectivity index (χ0) is 17.2. The van der Waals surface area contributed by atoms with E-state index in [1.807, 2.05) is 48.9 Å². The molecule has 0 bridgehead atoms. The minimum absolute atomic E-state index is 0.0888. The number of carbonyl (C=O) groups excluding carboxylic acids is 1. The van der Waals surface area contributed by atoms with Gasteiger partial charge in [0, 0.05) is 24.3 Å². The summed E-state index contributed by atoms with van der Waals surface area (Å²) in [7, 11) is 0. The summed E-state index contributed by atoms with van der Waals surface area (Å²) in [6.45, 7) is 5.49. The number of benzene rings is 1. The van der Waals surface area contributed by atoms with Crippen LogP contribution >= 0.6 is 0 Å². The molecule has 6 heteroatoms. The van der Waals surface area contributed by atoms with Crippen LogP contribution in [0.25, 0.3) is 5.69 Å². The lowest BCUT2D eigenvalue weighted by Crippen LogP contribution is -2.44. The molecule has 2 heterocycles. The molecular formula is C18H24N4O2. The van der Waals surface area contributed by atoms with Crippen molar-refractivity contribution in [2.75, 3.05) is 19.6 Å². The molecule has 1 atom stereocenters. The van der Waals surface area contributed by atoms with Crippen molar-refractivity contribution in [3.05, 3.63) is 47.3 Å². The summed E-state index contributed by atoms with van der Waals surface area (Å²) in [5, 5.41) is 20.8. The number of rotatable bonds is 5. The van der Waals surface area contributed by atoms with Gasteiger partial charge in [0.05, 0.1) is 23.4 Å². The molecule has 1 aliphatic heterocycles. The fourth-order valence-corrected chi connectivity index (χ4v) is 3.12. The topological polar surface area (TPSA) is 79.2 Å². The van der Waals surface area contributed by atoms with Crippen molar-refractivity contribution < 1.29 is 9.90 Å².